The highest BCUT2D eigenvalue weighted by Gasteiger charge is 2.17. The van der Waals surface area contributed by atoms with Crippen LogP contribution in [-0.2, 0) is 0 Å². The van der Waals surface area contributed by atoms with Crippen LogP contribution < -0.4 is 15.8 Å². The highest BCUT2D eigenvalue weighted by Crippen LogP contribution is 2.19. The fourth-order valence-electron chi connectivity index (χ4n) is 2.71. The molecule has 1 heterocycles. The second kappa shape index (κ2) is 8.86. The van der Waals surface area contributed by atoms with Crippen molar-refractivity contribution < 1.29 is 14.6 Å². The number of aliphatic hydroxyl groups is 1. The molecule has 1 aliphatic rings. The van der Waals surface area contributed by atoms with E-state index < -0.39 is 6.10 Å². The van der Waals surface area contributed by atoms with E-state index in [1.54, 1.807) is 12.1 Å². The standard InChI is InChI=1S/C17H27N3O3/c1-13-4-5-14(10-16(13)23-9-6-18)17(22)19-11-15(21)12-20-7-2-3-8-20/h4-5,10,15,21H,2-3,6-9,11-12,18H2,1H3,(H,19,22). The number of nitrogens with two attached hydrogens (primary N) is 1. The van der Waals surface area contributed by atoms with Crippen molar-refractivity contribution in [3.05, 3.63) is 29.3 Å². The summed E-state index contributed by atoms with van der Waals surface area (Å²) in [6.45, 7) is 5.70. The number of likely N-dealkylation sites (tertiary alicyclic amines) is 1. The predicted octanol–water partition coefficient (Wildman–Crippen LogP) is 0.519. The highest BCUT2D eigenvalue weighted by molar-refractivity contribution is 5.94. The molecule has 0 radical (unpaired) electrons. The SMILES string of the molecule is Cc1ccc(C(=O)NCC(O)CN2CCCC2)cc1OCCN. The van der Waals surface area contributed by atoms with Gasteiger partial charge in [-0.2, -0.15) is 0 Å². The van der Waals surface area contributed by atoms with E-state index in [9.17, 15) is 9.90 Å². The number of ether oxygens (including phenoxy) is 1. The fraction of sp³-hybridized carbons (Fsp3) is 0.588. The van der Waals surface area contributed by atoms with Gasteiger partial charge in [-0.15, -0.1) is 0 Å². The van der Waals surface area contributed by atoms with Crippen LogP contribution in [0.5, 0.6) is 5.75 Å². The lowest BCUT2D eigenvalue weighted by atomic mass is 10.1. The van der Waals surface area contributed by atoms with Gasteiger partial charge in [0, 0.05) is 25.2 Å². The minimum absolute atomic E-state index is 0.205. The van der Waals surface area contributed by atoms with E-state index in [2.05, 4.69) is 10.2 Å². The van der Waals surface area contributed by atoms with Crippen molar-refractivity contribution in [2.24, 2.45) is 5.73 Å². The first-order valence-electron chi connectivity index (χ1n) is 8.22. The zero-order chi connectivity index (χ0) is 16.7. The summed E-state index contributed by atoms with van der Waals surface area (Å²) >= 11 is 0. The number of aryl methyl sites for hydroxylation is 1. The Hall–Kier alpha value is -1.63. The number of aliphatic hydroxyl groups excluding tert-OH is 1. The maximum absolute atomic E-state index is 12.2. The quantitative estimate of drug-likeness (QED) is 0.650. The number of carbonyl (C=O) groups excluding carboxylic acids is 1. The number of rotatable bonds is 8. The van der Waals surface area contributed by atoms with Gasteiger partial charge in [-0.25, -0.2) is 0 Å². The third kappa shape index (κ3) is 5.49. The molecule has 1 amide bonds. The van der Waals surface area contributed by atoms with Gasteiger partial charge in [0.05, 0.1) is 6.10 Å². The molecule has 0 saturated carbocycles. The Balaban J connectivity index is 1.84. The molecule has 0 spiro atoms. The van der Waals surface area contributed by atoms with Gasteiger partial charge in [-0.1, -0.05) is 6.07 Å². The molecule has 0 bridgehead atoms. The molecular formula is C17H27N3O3. The minimum Gasteiger partial charge on any atom is -0.492 e. The van der Waals surface area contributed by atoms with Crippen molar-refractivity contribution in [2.75, 3.05) is 39.3 Å². The Bertz CT molecular complexity index is 516. The second-order valence-electron chi connectivity index (χ2n) is 5.99. The molecule has 1 atom stereocenters. The monoisotopic (exact) mass is 321 g/mol. The second-order valence-corrected chi connectivity index (χ2v) is 5.99. The summed E-state index contributed by atoms with van der Waals surface area (Å²) in [7, 11) is 0. The van der Waals surface area contributed by atoms with Gasteiger partial charge in [-0.05, 0) is 50.6 Å². The molecule has 23 heavy (non-hydrogen) atoms. The number of hydrogen-bond donors (Lipinski definition) is 3. The molecule has 128 valence electrons. The summed E-state index contributed by atoms with van der Waals surface area (Å²) in [6, 6.07) is 5.32. The van der Waals surface area contributed by atoms with Gasteiger partial charge < -0.3 is 25.8 Å². The summed E-state index contributed by atoms with van der Waals surface area (Å²) < 4.78 is 5.53. The van der Waals surface area contributed by atoms with E-state index in [1.807, 2.05) is 13.0 Å². The smallest absolute Gasteiger partial charge is 0.251 e. The molecule has 1 saturated heterocycles. The Morgan fingerprint density at radius 3 is 2.87 bits per heavy atom. The van der Waals surface area contributed by atoms with Crippen LogP contribution in [0.1, 0.15) is 28.8 Å². The third-order valence-corrected chi connectivity index (χ3v) is 3.99. The molecule has 4 N–H and O–H groups in total. The Morgan fingerprint density at radius 1 is 1.43 bits per heavy atom. The molecule has 1 fully saturated rings. The maximum atomic E-state index is 12.2. The predicted molar refractivity (Wildman–Crippen MR) is 89.7 cm³/mol. The van der Waals surface area contributed by atoms with Crippen molar-refractivity contribution in [3.63, 3.8) is 0 Å². The van der Waals surface area contributed by atoms with Gasteiger partial charge in [0.25, 0.3) is 5.91 Å². The Kier molecular flexibility index (Phi) is 6.83. The maximum Gasteiger partial charge on any atom is 0.251 e. The Morgan fingerprint density at radius 2 is 2.17 bits per heavy atom. The van der Waals surface area contributed by atoms with Crippen LogP contribution in [0, 0.1) is 6.92 Å². The number of hydrogen-bond acceptors (Lipinski definition) is 5. The van der Waals surface area contributed by atoms with Crippen LogP contribution >= 0.6 is 0 Å². The van der Waals surface area contributed by atoms with Crippen molar-refractivity contribution >= 4 is 5.91 Å². The van der Waals surface area contributed by atoms with E-state index in [4.69, 9.17) is 10.5 Å². The van der Waals surface area contributed by atoms with Gasteiger partial charge in [0.2, 0.25) is 0 Å². The van der Waals surface area contributed by atoms with Gasteiger partial charge in [0.15, 0.2) is 0 Å². The van der Waals surface area contributed by atoms with E-state index in [0.29, 0.717) is 31.0 Å². The van der Waals surface area contributed by atoms with Crippen molar-refractivity contribution in [1.82, 2.24) is 10.2 Å². The number of nitrogens with zero attached hydrogens (tertiary/aromatic N) is 1. The molecule has 1 aliphatic heterocycles. The molecule has 6 nitrogen and oxygen atoms in total. The van der Waals surface area contributed by atoms with E-state index in [1.165, 1.54) is 12.8 Å². The number of β-amino-alcohol motifs (C(OH)–C–C–N with tert-alkyl or cyclic N) is 1. The van der Waals surface area contributed by atoms with Crippen LogP contribution in [-0.4, -0.2) is 61.3 Å². The van der Waals surface area contributed by atoms with Crippen molar-refractivity contribution in [2.45, 2.75) is 25.9 Å². The lowest BCUT2D eigenvalue weighted by Gasteiger charge is -2.19. The van der Waals surface area contributed by atoms with Crippen LogP contribution in [0.3, 0.4) is 0 Å². The Labute approximate surface area is 137 Å². The molecule has 1 aromatic carbocycles. The van der Waals surface area contributed by atoms with Crippen LogP contribution in [0.4, 0.5) is 0 Å². The first-order valence-corrected chi connectivity index (χ1v) is 8.22. The first kappa shape index (κ1) is 17.7. The molecule has 6 heteroatoms. The zero-order valence-electron chi connectivity index (χ0n) is 13.8. The fourth-order valence-corrected chi connectivity index (χ4v) is 2.71. The van der Waals surface area contributed by atoms with Crippen LogP contribution in [0.15, 0.2) is 18.2 Å². The summed E-state index contributed by atoms with van der Waals surface area (Å²) in [5.41, 5.74) is 6.92. The molecular weight excluding hydrogens is 294 g/mol. The molecule has 0 aliphatic carbocycles. The third-order valence-electron chi connectivity index (χ3n) is 3.99. The normalized spacial score (nSPS) is 16.3. The van der Waals surface area contributed by atoms with E-state index in [-0.39, 0.29) is 12.5 Å². The lowest BCUT2D eigenvalue weighted by Crippen LogP contribution is -2.39. The van der Waals surface area contributed by atoms with E-state index in [0.717, 1.165) is 18.7 Å². The average Bonchev–Trinajstić information content (AvgIpc) is 3.04. The molecule has 2 rings (SSSR count). The largest absolute Gasteiger partial charge is 0.492 e. The summed E-state index contributed by atoms with van der Waals surface area (Å²) in [6.07, 6.45) is 1.83. The summed E-state index contributed by atoms with van der Waals surface area (Å²) in [4.78, 5) is 14.4. The molecule has 1 aromatic rings. The van der Waals surface area contributed by atoms with Gasteiger partial charge in [0.1, 0.15) is 12.4 Å². The van der Waals surface area contributed by atoms with Gasteiger partial charge >= 0.3 is 0 Å². The summed E-state index contributed by atoms with van der Waals surface area (Å²) in [5, 5.41) is 12.8. The van der Waals surface area contributed by atoms with Gasteiger partial charge in [-0.3, -0.25) is 4.79 Å². The minimum atomic E-state index is -0.546. The molecule has 0 aromatic heterocycles. The van der Waals surface area contributed by atoms with Crippen molar-refractivity contribution in [1.29, 1.82) is 0 Å². The highest BCUT2D eigenvalue weighted by atomic mass is 16.5. The van der Waals surface area contributed by atoms with Crippen molar-refractivity contribution in [3.8, 4) is 5.75 Å². The number of benzene rings is 1. The molecule has 1 unspecified atom stereocenters. The van der Waals surface area contributed by atoms with Crippen LogP contribution in [0.2, 0.25) is 0 Å². The zero-order valence-corrected chi connectivity index (χ0v) is 13.8. The number of amides is 1. The first-order chi connectivity index (χ1) is 11.1. The number of carbonyl (C=O) groups is 1. The lowest BCUT2D eigenvalue weighted by molar-refractivity contribution is 0.0879. The average molecular weight is 321 g/mol. The topological polar surface area (TPSA) is 87.8 Å². The summed E-state index contributed by atoms with van der Waals surface area (Å²) in [5.74, 6) is 0.462. The van der Waals surface area contributed by atoms with E-state index >= 15 is 0 Å². The number of nitrogens with one attached hydrogen (secondary N) is 1. The van der Waals surface area contributed by atoms with Crippen LogP contribution in [0.25, 0.3) is 0 Å².